The van der Waals surface area contributed by atoms with Gasteiger partial charge < -0.3 is 15.8 Å². The van der Waals surface area contributed by atoms with Crippen LogP contribution in [0.2, 0.25) is 0 Å². The van der Waals surface area contributed by atoms with E-state index in [9.17, 15) is 4.79 Å². The lowest BCUT2D eigenvalue weighted by Crippen LogP contribution is -2.36. The summed E-state index contributed by atoms with van der Waals surface area (Å²) in [7, 11) is 1.60. The van der Waals surface area contributed by atoms with E-state index in [2.05, 4.69) is 11.9 Å². The Hall–Kier alpha value is -1.97. The van der Waals surface area contributed by atoms with Crippen LogP contribution >= 0.6 is 0 Å². The smallest absolute Gasteiger partial charge is 0.244 e. The average molecular weight is 220 g/mol. The molecule has 1 amide bonds. The standard InChI is InChI=1S/C12H16N2O2/c1-8(2)11(12(13)15)14-9-4-6-10(16-3)7-5-9/h4-7,11,14H,1H2,2-3H3,(H2,13,15). The van der Waals surface area contributed by atoms with E-state index in [-0.39, 0.29) is 0 Å². The number of hydrogen-bond acceptors (Lipinski definition) is 3. The van der Waals surface area contributed by atoms with Gasteiger partial charge >= 0.3 is 0 Å². The van der Waals surface area contributed by atoms with E-state index in [1.165, 1.54) is 0 Å². The number of hydrogen-bond donors (Lipinski definition) is 2. The number of methoxy groups -OCH3 is 1. The molecule has 0 fully saturated rings. The predicted molar refractivity (Wildman–Crippen MR) is 64.4 cm³/mol. The lowest BCUT2D eigenvalue weighted by atomic mass is 10.1. The highest BCUT2D eigenvalue weighted by Crippen LogP contribution is 2.16. The van der Waals surface area contributed by atoms with Crippen molar-refractivity contribution in [3.63, 3.8) is 0 Å². The zero-order valence-corrected chi connectivity index (χ0v) is 9.49. The predicted octanol–water partition coefficient (Wildman–Crippen LogP) is 1.54. The van der Waals surface area contributed by atoms with Crippen LogP contribution in [0.4, 0.5) is 5.69 Å². The summed E-state index contributed by atoms with van der Waals surface area (Å²) in [5.41, 5.74) is 6.74. The van der Waals surface area contributed by atoms with Gasteiger partial charge in [0.25, 0.3) is 0 Å². The molecule has 86 valence electrons. The molecule has 0 spiro atoms. The number of benzene rings is 1. The van der Waals surface area contributed by atoms with Gasteiger partial charge in [0.2, 0.25) is 5.91 Å². The van der Waals surface area contributed by atoms with E-state index < -0.39 is 11.9 Å². The molecule has 1 atom stereocenters. The van der Waals surface area contributed by atoms with Gasteiger partial charge in [-0.25, -0.2) is 0 Å². The fourth-order valence-electron chi connectivity index (χ4n) is 1.29. The summed E-state index contributed by atoms with van der Waals surface area (Å²) in [6.07, 6.45) is 0. The Morgan fingerprint density at radius 1 is 1.44 bits per heavy atom. The molecule has 0 aliphatic rings. The van der Waals surface area contributed by atoms with Crippen LogP contribution in [0, 0.1) is 0 Å². The van der Waals surface area contributed by atoms with E-state index in [1.807, 2.05) is 12.1 Å². The second-order valence-corrected chi connectivity index (χ2v) is 3.55. The van der Waals surface area contributed by atoms with Crippen LogP contribution in [0.25, 0.3) is 0 Å². The molecule has 0 saturated heterocycles. The molecular formula is C12H16N2O2. The van der Waals surface area contributed by atoms with Gasteiger partial charge in [-0.05, 0) is 36.8 Å². The molecular weight excluding hydrogens is 204 g/mol. The van der Waals surface area contributed by atoms with Crippen molar-refractivity contribution in [2.24, 2.45) is 5.73 Å². The molecule has 0 aromatic heterocycles. The summed E-state index contributed by atoms with van der Waals surface area (Å²) in [5, 5.41) is 3.00. The first kappa shape index (κ1) is 12.1. The van der Waals surface area contributed by atoms with Gasteiger partial charge in [0.1, 0.15) is 11.8 Å². The number of amides is 1. The Morgan fingerprint density at radius 3 is 2.38 bits per heavy atom. The quantitative estimate of drug-likeness (QED) is 0.740. The van der Waals surface area contributed by atoms with Crippen LogP contribution in [0.5, 0.6) is 5.75 Å². The summed E-state index contributed by atoms with van der Waals surface area (Å²) >= 11 is 0. The minimum Gasteiger partial charge on any atom is -0.497 e. The van der Waals surface area contributed by atoms with Crippen LogP contribution in [0.15, 0.2) is 36.4 Å². The third kappa shape index (κ3) is 3.02. The largest absolute Gasteiger partial charge is 0.497 e. The molecule has 1 aromatic carbocycles. The van der Waals surface area contributed by atoms with Gasteiger partial charge in [-0.3, -0.25) is 4.79 Å². The van der Waals surface area contributed by atoms with Gasteiger partial charge in [-0.15, -0.1) is 0 Å². The Kier molecular flexibility index (Phi) is 3.94. The summed E-state index contributed by atoms with van der Waals surface area (Å²) in [6, 6.07) is 6.70. The highest BCUT2D eigenvalue weighted by atomic mass is 16.5. The van der Waals surface area contributed by atoms with Gasteiger partial charge in [0.15, 0.2) is 0 Å². The Bertz CT molecular complexity index is 371. The van der Waals surface area contributed by atoms with Crippen molar-refractivity contribution in [2.75, 3.05) is 12.4 Å². The number of anilines is 1. The van der Waals surface area contributed by atoms with E-state index >= 15 is 0 Å². The molecule has 1 aromatic rings. The maximum atomic E-state index is 11.1. The van der Waals surface area contributed by atoms with E-state index in [0.717, 1.165) is 11.4 Å². The van der Waals surface area contributed by atoms with E-state index in [0.29, 0.717) is 5.57 Å². The molecule has 0 bridgehead atoms. The molecule has 3 N–H and O–H groups in total. The molecule has 0 aliphatic carbocycles. The number of nitrogens with one attached hydrogen (secondary N) is 1. The van der Waals surface area contributed by atoms with Crippen LogP contribution in [0.1, 0.15) is 6.92 Å². The fourth-order valence-corrected chi connectivity index (χ4v) is 1.29. The van der Waals surface area contributed by atoms with Crippen LogP contribution in [-0.2, 0) is 4.79 Å². The fraction of sp³-hybridized carbons (Fsp3) is 0.250. The van der Waals surface area contributed by atoms with Gasteiger partial charge in [0, 0.05) is 5.69 Å². The van der Waals surface area contributed by atoms with Crippen molar-refractivity contribution >= 4 is 11.6 Å². The molecule has 0 heterocycles. The molecule has 0 saturated carbocycles. The summed E-state index contributed by atoms with van der Waals surface area (Å²) in [4.78, 5) is 11.1. The van der Waals surface area contributed by atoms with Crippen molar-refractivity contribution in [3.8, 4) is 5.75 Å². The van der Waals surface area contributed by atoms with Gasteiger partial charge in [0.05, 0.1) is 7.11 Å². The SMILES string of the molecule is C=C(C)C(Nc1ccc(OC)cc1)C(N)=O. The van der Waals surface area contributed by atoms with Crippen molar-refractivity contribution < 1.29 is 9.53 Å². The van der Waals surface area contributed by atoms with E-state index in [4.69, 9.17) is 10.5 Å². The number of ether oxygens (including phenoxy) is 1. The highest BCUT2D eigenvalue weighted by Gasteiger charge is 2.15. The zero-order chi connectivity index (χ0) is 12.1. The zero-order valence-electron chi connectivity index (χ0n) is 9.49. The number of rotatable bonds is 5. The monoisotopic (exact) mass is 220 g/mol. The van der Waals surface area contributed by atoms with Crippen molar-refractivity contribution in [1.29, 1.82) is 0 Å². The number of carbonyl (C=O) groups excluding carboxylic acids is 1. The number of primary amides is 1. The minimum atomic E-state index is -0.548. The normalized spacial score (nSPS) is 11.6. The molecule has 16 heavy (non-hydrogen) atoms. The molecule has 1 unspecified atom stereocenters. The summed E-state index contributed by atoms with van der Waals surface area (Å²) < 4.78 is 5.03. The number of carbonyl (C=O) groups is 1. The third-order valence-electron chi connectivity index (χ3n) is 2.18. The van der Waals surface area contributed by atoms with Crippen LogP contribution < -0.4 is 15.8 Å². The van der Waals surface area contributed by atoms with Crippen molar-refractivity contribution in [2.45, 2.75) is 13.0 Å². The molecule has 0 aliphatic heterocycles. The minimum absolute atomic E-state index is 0.441. The van der Waals surface area contributed by atoms with E-state index in [1.54, 1.807) is 26.2 Å². The lowest BCUT2D eigenvalue weighted by molar-refractivity contribution is -0.118. The van der Waals surface area contributed by atoms with Crippen molar-refractivity contribution in [1.82, 2.24) is 0 Å². The maximum absolute atomic E-state index is 11.1. The molecule has 4 heteroatoms. The van der Waals surface area contributed by atoms with Crippen molar-refractivity contribution in [3.05, 3.63) is 36.4 Å². The van der Waals surface area contributed by atoms with Crippen LogP contribution in [-0.4, -0.2) is 19.1 Å². The molecule has 0 radical (unpaired) electrons. The molecule has 4 nitrogen and oxygen atoms in total. The summed E-state index contributed by atoms with van der Waals surface area (Å²) in [6.45, 7) is 5.47. The molecule has 1 rings (SSSR count). The summed E-state index contributed by atoms with van der Waals surface area (Å²) in [5.74, 6) is 0.319. The Labute approximate surface area is 95.1 Å². The first-order valence-electron chi connectivity index (χ1n) is 4.90. The lowest BCUT2D eigenvalue weighted by Gasteiger charge is -2.16. The van der Waals surface area contributed by atoms with Gasteiger partial charge in [-0.1, -0.05) is 6.58 Å². The Balaban J connectivity index is 2.77. The maximum Gasteiger partial charge on any atom is 0.244 e. The Morgan fingerprint density at radius 2 is 2.00 bits per heavy atom. The first-order valence-corrected chi connectivity index (χ1v) is 4.90. The number of nitrogens with two attached hydrogens (primary N) is 1. The average Bonchev–Trinajstić information content (AvgIpc) is 2.25. The highest BCUT2D eigenvalue weighted by molar-refractivity contribution is 5.86. The topological polar surface area (TPSA) is 64.3 Å². The third-order valence-corrected chi connectivity index (χ3v) is 2.18. The second kappa shape index (κ2) is 5.21. The van der Waals surface area contributed by atoms with Gasteiger partial charge in [-0.2, -0.15) is 0 Å². The second-order valence-electron chi connectivity index (χ2n) is 3.55. The van der Waals surface area contributed by atoms with Crippen LogP contribution in [0.3, 0.4) is 0 Å². The first-order chi connectivity index (χ1) is 7.54.